The van der Waals surface area contributed by atoms with Crippen LogP contribution in [0.5, 0.6) is 0 Å². The number of hydrogen-bond acceptors (Lipinski definition) is 4. The summed E-state index contributed by atoms with van der Waals surface area (Å²) in [7, 11) is 1.59. The van der Waals surface area contributed by atoms with Gasteiger partial charge in [-0.05, 0) is 14.0 Å². The van der Waals surface area contributed by atoms with Gasteiger partial charge in [-0.3, -0.25) is 4.79 Å². The number of hydrogen-bond donors (Lipinski definition) is 4. The van der Waals surface area contributed by atoms with Crippen LogP contribution in [0.15, 0.2) is 0 Å². The van der Waals surface area contributed by atoms with Gasteiger partial charge < -0.3 is 20.8 Å². The zero-order valence-electron chi connectivity index (χ0n) is 9.37. The molecule has 0 aliphatic rings. The van der Waals surface area contributed by atoms with Gasteiger partial charge in [-0.1, -0.05) is 13.8 Å². The van der Waals surface area contributed by atoms with Gasteiger partial charge in [-0.25, -0.2) is 0 Å². The van der Waals surface area contributed by atoms with Crippen LogP contribution >= 0.6 is 0 Å². The first-order valence-corrected chi connectivity index (χ1v) is 4.87. The monoisotopic (exact) mass is 206 g/mol. The molecule has 0 heterocycles. The molecule has 0 aromatic rings. The zero-order chi connectivity index (χ0) is 11.6. The van der Waals surface area contributed by atoms with Crippen molar-refractivity contribution >= 4 is 5.91 Å². The highest BCUT2D eigenvalue weighted by Gasteiger charge is 2.20. The number of carbonyl (C=O) groups is 1. The standard InChI is InChI=1S/C7H16N2O3.C2H6/c1-5(11)6(8-2)7(12)9-3-4-10;1-2/h5-6,8,10-11H,3-4H2,1-2H3,(H,9,12);1-2H3. The van der Waals surface area contributed by atoms with Crippen LogP contribution in [0.2, 0.25) is 0 Å². The Morgan fingerprint density at radius 1 is 1.43 bits per heavy atom. The number of aliphatic hydroxyl groups is 2. The lowest BCUT2D eigenvalue weighted by molar-refractivity contribution is -0.125. The normalized spacial score (nSPS) is 13.6. The Labute approximate surface area is 85.5 Å². The Morgan fingerprint density at radius 3 is 2.21 bits per heavy atom. The van der Waals surface area contributed by atoms with Gasteiger partial charge >= 0.3 is 0 Å². The van der Waals surface area contributed by atoms with Gasteiger partial charge in [-0.15, -0.1) is 0 Å². The average Bonchev–Trinajstić information content (AvgIpc) is 2.18. The van der Waals surface area contributed by atoms with Crippen molar-refractivity contribution in [1.29, 1.82) is 0 Å². The minimum Gasteiger partial charge on any atom is -0.395 e. The molecule has 14 heavy (non-hydrogen) atoms. The van der Waals surface area contributed by atoms with Crippen molar-refractivity contribution in [3.8, 4) is 0 Å². The van der Waals surface area contributed by atoms with Crippen LogP contribution in [0.25, 0.3) is 0 Å². The van der Waals surface area contributed by atoms with Gasteiger partial charge in [0, 0.05) is 6.54 Å². The fourth-order valence-electron chi connectivity index (χ4n) is 0.880. The number of carbonyl (C=O) groups excluding carboxylic acids is 1. The van der Waals surface area contributed by atoms with Gasteiger partial charge in [0.15, 0.2) is 0 Å². The molecule has 2 atom stereocenters. The van der Waals surface area contributed by atoms with Crippen molar-refractivity contribution in [2.75, 3.05) is 20.2 Å². The van der Waals surface area contributed by atoms with E-state index in [1.54, 1.807) is 7.05 Å². The molecule has 4 N–H and O–H groups in total. The molecule has 5 heteroatoms. The zero-order valence-corrected chi connectivity index (χ0v) is 9.37. The maximum absolute atomic E-state index is 11.1. The second-order valence-corrected chi connectivity index (χ2v) is 2.52. The maximum Gasteiger partial charge on any atom is 0.239 e. The molecule has 0 fully saturated rings. The van der Waals surface area contributed by atoms with Gasteiger partial charge in [-0.2, -0.15) is 0 Å². The minimum atomic E-state index is -0.742. The maximum atomic E-state index is 11.1. The summed E-state index contributed by atoms with van der Waals surface area (Å²) in [6.45, 7) is 5.64. The molecule has 86 valence electrons. The molecule has 0 saturated heterocycles. The summed E-state index contributed by atoms with van der Waals surface area (Å²) < 4.78 is 0. The first-order chi connectivity index (χ1) is 6.63. The topological polar surface area (TPSA) is 81.6 Å². The summed E-state index contributed by atoms with van der Waals surface area (Å²) in [5.41, 5.74) is 0. The van der Waals surface area contributed by atoms with Crippen LogP contribution in [-0.2, 0) is 4.79 Å². The summed E-state index contributed by atoms with van der Waals surface area (Å²) >= 11 is 0. The van der Waals surface area contributed by atoms with E-state index in [0.29, 0.717) is 0 Å². The van der Waals surface area contributed by atoms with Crippen molar-refractivity contribution < 1.29 is 15.0 Å². The third-order valence-electron chi connectivity index (χ3n) is 1.49. The molecular weight excluding hydrogens is 184 g/mol. The van der Waals surface area contributed by atoms with Crippen LogP contribution in [-0.4, -0.2) is 48.5 Å². The Morgan fingerprint density at radius 2 is 1.93 bits per heavy atom. The SMILES string of the molecule is CC.CNC(C(=O)NCCO)C(C)O. The van der Waals surface area contributed by atoms with Crippen LogP contribution in [0.1, 0.15) is 20.8 Å². The van der Waals surface area contributed by atoms with E-state index >= 15 is 0 Å². The summed E-state index contributed by atoms with van der Waals surface area (Å²) in [6.07, 6.45) is -0.742. The lowest BCUT2D eigenvalue weighted by Gasteiger charge is -2.17. The van der Waals surface area contributed by atoms with E-state index in [2.05, 4.69) is 10.6 Å². The van der Waals surface area contributed by atoms with Gasteiger partial charge in [0.05, 0.1) is 12.7 Å². The molecule has 0 spiro atoms. The first kappa shape index (κ1) is 15.8. The smallest absolute Gasteiger partial charge is 0.239 e. The van der Waals surface area contributed by atoms with Gasteiger partial charge in [0.2, 0.25) is 5.91 Å². The third kappa shape index (κ3) is 6.82. The summed E-state index contributed by atoms with van der Waals surface area (Å²) in [5, 5.41) is 22.6. The van der Waals surface area contributed by atoms with E-state index in [1.807, 2.05) is 13.8 Å². The van der Waals surface area contributed by atoms with Gasteiger partial charge in [0.1, 0.15) is 6.04 Å². The second kappa shape index (κ2) is 10.4. The van der Waals surface area contributed by atoms with E-state index in [1.165, 1.54) is 6.92 Å². The molecular formula is C9H22N2O3. The van der Waals surface area contributed by atoms with Gasteiger partial charge in [0.25, 0.3) is 0 Å². The van der Waals surface area contributed by atoms with E-state index in [4.69, 9.17) is 10.2 Å². The Bertz CT molecular complexity index is 140. The Kier molecular flexibility index (Phi) is 11.8. The molecule has 0 saturated carbocycles. The summed E-state index contributed by atoms with van der Waals surface area (Å²) in [5.74, 6) is -0.304. The van der Waals surface area contributed by atoms with Crippen LogP contribution < -0.4 is 10.6 Å². The first-order valence-electron chi connectivity index (χ1n) is 4.87. The minimum absolute atomic E-state index is 0.0953. The Hall–Kier alpha value is -0.650. The van der Waals surface area contributed by atoms with Crippen LogP contribution in [0, 0.1) is 0 Å². The second-order valence-electron chi connectivity index (χ2n) is 2.52. The molecule has 0 bridgehead atoms. The predicted octanol–water partition coefficient (Wildman–Crippen LogP) is -0.910. The van der Waals surface area contributed by atoms with Crippen molar-refractivity contribution in [2.45, 2.75) is 32.9 Å². The third-order valence-corrected chi connectivity index (χ3v) is 1.49. The fourth-order valence-corrected chi connectivity index (χ4v) is 0.880. The number of nitrogens with one attached hydrogen (secondary N) is 2. The highest BCUT2D eigenvalue weighted by Crippen LogP contribution is 1.90. The predicted molar refractivity (Wildman–Crippen MR) is 56.0 cm³/mol. The molecule has 0 aromatic heterocycles. The molecule has 0 rings (SSSR count). The fraction of sp³-hybridized carbons (Fsp3) is 0.889. The summed E-state index contributed by atoms with van der Waals surface area (Å²) in [6, 6.07) is -0.614. The lowest BCUT2D eigenvalue weighted by atomic mass is 10.2. The molecule has 0 aliphatic carbocycles. The number of amides is 1. The highest BCUT2D eigenvalue weighted by molar-refractivity contribution is 5.82. The highest BCUT2D eigenvalue weighted by atomic mass is 16.3. The lowest BCUT2D eigenvalue weighted by Crippen LogP contribution is -2.49. The van der Waals surface area contributed by atoms with E-state index < -0.39 is 12.1 Å². The van der Waals surface area contributed by atoms with Crippen molar-refractivity contribution in [3.05, 3.63) is 0 Å². The van der Waals surface area contributed by atoms with Crippen molar-refractivity contribution in [1.82, 2.24) is 10.6 Å². The number of rotatable bonds is 5. The molecule has 1 amide bonds. The quantitative estimate of drug-likeness (QED) is 0.469. The molecule has 0 aromatic carbocycles. The molecule has 2 unspecified atom stereocenters. The van der Waals surface area contributed by atoms with Crippen LogP contribution in [0.4, 0.5) is 0 Å². The molecule has 0 aliphatic heterocycles. The van der Waals surface area contributed by atoms with E-state index in [9.17, 15) is 4.79 Å². The van der Waals surface area contributed by atoms with Crippen molar-refractivity contribution in [3.63, 3.8) is 0 Å². The number of aliphatic hydroxyl groups excluding tert-OH is 2. The van der Waals surface area contributed by atoms with E-state index in [0.717, 1.165) is 0 Å². The number of likely N-dealkylation sites (N-methyl/N-ethyl adjacent to an activating group) is 1. The average molecular weight is 206 g/mol. The summed E-state index contributed by atoms with van der Waals surface area (Å²) in [4.78, 5) is 11.1. The molecule has 0 radical (unpaired) electrons. The van der Waals surface area contributed by atoms with E-state index in [-0.39, 0.29) is 19.1 Å². The largest absolute Gasteiger partial charge is 0.395 e. The molecule has 5 nitrogen and oxygen atoms in total. The Balaban J connectivity index is 0. The van der Waals surface area contributed by atoms with Crippen molar-refractivity contribution in [2.24, 2.45) is 0 Å². The van der Waals surface area contributed by atoms with Crippen LogP contribution in [0.3, 0.4) is 0 Å².